The third-order valence-electron chi connectivity index (χ3n) is 6.60. The molecule has 31 heavy (non-hydrogen) atoms. The largest absolute Gasteiger partial charge is 0.465 e. The normalized spacial score (nSPS) is 18.9. The molecule has 0 atom stereocenters. The lowest BCUT2D eigenvalue weighted by Crippen LogP contribution is -2.26. The van der Waals surface area contributed by atoms with Crippen LogP contribution in [0.5, 0.6) is 11.5 Å². The minimum Gasteiger partial charge on any atom is -0.465 e. The molecule has 0 radical (unpaired) electrons. The van der Waals surface area contributed by atoms with Gasteiger partial charge in [0, 0.05) is 29.3 Å². The molecule has 3 heteroatoms. The summed E-state index contributed by atoms with van der Waals surface area (Å²) < 4.78 is 14.2. The number of fused-ring (bicyclic) bond motifs is 3. The summed E-state index contributed by atoms with van der Waals surface area (Å²) in [6.07, 6.45) is 11.4. The molecule has 0 amide bonds. The monoisotopic (exact) mass is 410 g/mol. The number of benzene rings is 2. The van der Waals surface area contributed by atoms with Crippen molar-refractivity contribution in [2.75, 3.05) is 7.05 Å². The first-order chi connectivity index (χ1) is 15.0. The number of nitrogens with zero attached hydrogens (tertiary/aromatic N) is 1. The maximum atomic E-state index is 6.41. The molecule has 5 rings (SSSR count). The number of hydrogen-bond acceptors (Lipinski definition) is 2. The maximum absolute atomic E-state index is 6.41. The Morgan fingerprint density at radius 2 is 1.94 bits per heavy atom. The molecule has 0 unspecified atom stereocenters. The lowest BCUT2D eigenvalue weighted by molar-refractivity contribution is -0.401. The van der Waals surface area contributed by atoms with Crippen LogP contribution in [0.1, 0.15) is 44.2 Å². The highest BCUT2D eigenvalue weighted by Gasteiger charge is 2.42. The summed E-state index contributed by atoms with van der Waals surface area (Å²) in [5.74, 6) is 2.58. The first-order valence-electron chi connectivity index (χ1n) is 10.9. The molecule has 0 aromatic heterocycles. The van der Waals surface area contributed by atoms with Gasteiger partial charge in [0.25, 0.3) is 0 Å². The molecule has 0 saturated carbocycles. The van der Waals surface area contributed by atoms with Gasteiger partial charge in [0.2, 0.25) is 5.69 Å². The van der Waals surface area contributed by atoms with Crippen LogP contribution in [0.3, 0.4) is 0 Å². The maximum Gasteiger partial charge on any atom is 0.209 e. The van der Waals surface area contributed by atoms with Crippen LogP contribution in [0.25, 0.3) is 6.08 Å². The van der Waals surface area contributed by atoms with Gasteiger partial charge in [0.05, 0.1) is 11.7 Å². The van der Waals surface area contributed by atoms with Gasteiger partial charge in [0.1, 0.15) is 24.3 Å². The van der Waals surface area contributed by atoms with Crippen molar-refractivity contribution in [2.45, 2.75) is 38.5 Å². The first kappa shape index (κ1) is 19.6. The van der Waals surface area contributed by atoms with Gasteiger partial charge < -0.3 is 9.47 Å². The SMILES string of the molecule is C=COc1ccc2c(c1)OC1=C(/C=C/C3=[N+](C)c4ccccc4C3(C)C)CCCC1=C2. The Labute approximate surface area is 184 Å². The van der Waals surface area contributed by atoms with Crippen molar-refractivity contribution in [2.24, 2.45) is 0 Å². The van der Waals surface area contributed by atoms with E-state index in [-0.39, 0.29) is 5.41 Å². The molecule has 0 fully saturated rings. The number of rotatable bonds is 4. The third-order valence-corrected chi connectivity index (χ3v) is 6.60. The van der Waals surface area contributed by atoms with Crippen LogP contribution < -0.4 is 9.47 Å². The van der Waals surface area contributed by atoms with Crippen molar-refractivity contribution >= 4 is 17.5 Å². The van der Waals surface area contributed by atoms with Crippen molar-refractivity contribution in [1.82, 2.24) is 0 Å². The molecular formula is C28H28NO2+. The minimum atomic E-state index is -0.0304. The van der Waals surface area contributed by atoms with E-state index in [1.807, 2.05) is 18.2 Å². The fourth-order valence-electron chi connectivity index (χ4n) is 5.00. The standard InChI is InChI=1S/C28H28NO2/c1-5-30-22-15-13-20-17-21-10-8-9-19(27(21)31-25(20)18-22)14-16-26-28(2,3)23-11-6-7-12-24(23)29(26)4/h5-7,11-18H,1,8-10H2,2-4H3/q+1/b16-14+. The van der Waals surface area contributed by atoms with E-state index in [1.165, 1.54) is 34.4 Å². The first-order valence-corrected chi connectivity index (χ1v) is 10.9. The van der Waals surface area contributed by atoms with Gasteiger partial charge in [-0.05, 0) is 68.5 Å². The van der Waals surface area contributed by atoms with Gasteiger partial charge in [0.15, 0.2) is 5.71 Å². The van der Waals surface area contributed by atoms with Crippen LogP contribution >= 0.6 is 0 Å². The number of hydrogen-bond donors (Lipinski definition) is 0. The lowest BCUT2D eigenvalue weighted by atomic mass is 9.81. The molecule has 0 N–H and O–H groups in total. The van der Waals surface area contributed by atoms with E-state index >= 15 is 0 Å². The summed E-state index contributed by atoms with van der Waals surface area (Å²) in [5, 5.41) is 0. The molecule has 0 saturated heterocycles. The second kappa shape index (κ2) is 7.42. The Morgan fingerprint density at radius 1 is 1.10 bits per heavy atom. The molecule has 2 aromatic carbocycles. The summed E-state index contributed by atoms with van der Waals surface area (Å²) >= 11 is 0. The summed E-state index contributed by atoms with van der Waals surface area (Å²) in [6, 6.07) is 14.6. The van der Waals surface area contributed by atoms with Gasteiger partial charge in [-0.1, -0.05) is 24.8 Å². The van der Waals surface area contributed by atoms with Crippen molar-refractivity contribution in [3.05, 3.63) is 95.5 Å². The van der Waals surface area contributed by atoms with Crippen LogP contribution in [0.2, 0.25) is 0 Å². The van der Waals surface area contributed by atoms with E-state index in [4.69, 9.17) is 9.47 Å². The van der Waals surface area contributed by atoms with Crippen LogP contribution in [-0.2, 0) is 5.41 Å². The average molecular weight is 411 g/mol. The minimum absolute atomic E-state index is 0.0304. The highest BCUT2D eigenvalue weighted by atomic mass is 16.5. The molecular weight excluding hydrogens is 382 g/mol. The number of allylic oxidation sites excluding steroid dienone is 4. The smallest absolute Gasteiger partial charge is 0.209 e. The summed E-state index contributed by atoms with van der Waals surface area (Å²) in [6.45, 7) is 8.24. The summed E-state index contributed by atoms with van der Waals surface area (Å²) in [4.78, 5) is 0. The van der Waals surface area contributed by atoms with Crippen molar-refractivity contribution in [1.29, 1.82) is 0 Å². The van der Waals surface area contributed by atoms with E-state index in [0.29, 0.717) is 0 Å². The molecule has 2 aromatic rings. The van der Waals surface area contributed by atoms with Crippen molar-refractivity contribution in [3.8, 4) is 11.5 Å². The molecule has 2 heterocycles. The van der Waals surface area contributed by atoms with Crippen LogP contribution in [-0.4, -0.2) is 17.3 Å². The predicted octanol–water partition coefficient (Wildman–Crippen LogP) is 6.69. The zero-order valence-electron chi connectivity index (χ0n) is 18.4. The van der Waals surface area contributed by atoms with E-state index in [1.54, 1.807) is 0 Å². The molecule has 3 aliphatic rings. The molecule has 156 valence electrons. The van der Waals surface area contributed by atoms with Gasteiger partial charge in [-0.2, -0.15) is 4.58 Å². The van der Waals surface area contributed by atoms with Crippen molar-refractivity contribution < 1.29 is 14.0 Å². The zero-order chi connectivity index (χ0) is 21.6. The lowest BCUT2D eigenvalue weighted by Gasteiger charge is -2.26. The number of para-hydroxylation sites is 1. The molecule has 0 bridgehead atoms. The molecule has 1 aliphatic carbocycles. The quantitative estimate of drug-likeness (QED) is 0.414. The van der Waals surface area contributed by atoms with Crippen molar-refractivity contribution in [3.63, 3.8) is 0 Å². The summed E-state index contributed by atoms with van der Waals surface area (Å²) in [5.41, 5.74) is 7.56. The Hall–Kier alpha value is -3.33. The van der Waals surface area contributed by atoms with E-state index in [0.717, 1.165) is 42.1 Å². The Bertz CT molecular complexity index is 1210. The Balaban J connectivity index is 1.52. The highest BCUT2D eigenvalue weighted by Crippen LogP contribution is 2.42. The highest BCUT2D eigenvalue weighted by molar-refractivity contribution is 6.03. The Morgan fingerprint density at radius 3 is 2.74 bits per heavy atom. The number of ether oxygens (including phenoxy) is 2. The van der Waals surface area contributed by atoms with Gasteiger partial charge >= 0.3 is 0 Å². The molecule has 0 spiro atoms. The Kier molecular flexibility index (Phi) is 4.70. The van der Waals surface area contributed by atoms with Crippen LogP contribution in [0, 0.1) is 0 Å². The van der Waals surface area contributed by atoms with E-state index < -0.39 is 0 Å². The van der Waals surface area contributed by atoms with Crippen LogP contribution in [0.15, 0.2) is 84.4 Å². The second-order valence-corrected chi connectivity index (χ2v) is 8.88. The van der Waals surface area contributed by atoms with E-state index in [9.17, 15) is 0 Å². The second-order valence-electron chi connectivity index (χ2n) is 8.88. The predicted molar refractivity (Wildman–Crippen MR) is 126 cm³/mol. The third kappa shape index (κ3) is 3.25. The fraction of sp³-hybridized carbons (Fsp3) is 0.250. The van der Waals surface area contributed by atoms with Gasteiger partial charge in [-0.3, -0.25) is 0 Å². The zero-order valence-corrected chi connectivity index (χ0v) is 18.4. The average Bonchev–Trinajstić information content (AvgIpc) is 2.96. The van der Waals surface area contributed by atoms with Gasteiger partial charge in [-0.25, -0.2) is 0 Å². The fourth-order valence-corrected chi connectivity index (χ4v) is 5.00. The van der Waals surface area contributed by atoms with E-state index in [2.05, 4.69) is 74.5 Å². The van der Waals surface area contributed by atoms with Gasteiger partial charge in [-0.15, -0.1) is 0 Å². The topological polar surface area (TPSA) is 21.5 Å². The summed E-state index contributed by atoms with van der Waals surface area (Å²) in [7, 11) is 2.16. The van der Waals surface area contributed by atoms with Crippen LogP contribution in [0.4, 0.5) is 5.69 Å². The molecule has 3 nitrogen and oxygen atoms in total. The molecule has 2 aliphatic heterocycles.